The number of rotatable bonds is 7. The summed E-state index contributed by atoms with van der Waals surface area (Å²) in [5.41, 5.74) is 1.80. The molecule has 0 bridgehead atoms. The van der Waals surface area contributed by atoms with E-state index in [2.05, 4.69) is 10.4 Å². The van der Waals surface area contributed by atoms with E-state index < -0.39 is 9.84 Å². The number of carbonyl (C=O) groups excluding carboxylic acids is 1. The topological polar surface area (TPSA) is 81.1 Å². The van der Waals surface area contributed by atoms with Crippen LogP contribution in [0.2, 0.25) is 0 Å². The highest BCUT2D eigenvalue weighted by atomic mass is 32.2. The fraction of sp³-hybridized carbons (Fsp3) is 0.333. The Morgan fingerprint density at radius 2 is 1.89 bits per heavy atom. The fourth-order valence-corrected chi connectivity index (χ4v) is 4.49. The number of hydrogen-bond acceptors (Lipinski definition) is 4. The number of aromatic nitrogens is 2. The maximum Gasteiger partial charge on any atom is 0.221 e. The Kier molecular flexibility index (Phi) is 5.84. The summed E-state index contributed by atoms with van der Waals surface area (Å²) >= 11 is 0. The summed E-state index contributed by atoms with van der Waals surface area (Å²) in [5, 5.41) is 9.10. The maximum absolute atomic E-state index is 12.6. The lowest BCUT2D eigenvalue weighted by Gasteiger charge is -2.13. The molecule has 0 saturated heterocycles. The zero-order chi connectivity index (χ0) is 20.3. The van der Waals surface area contributed by atoms with E-state index in [-0.39, 0.29) is 29.0 Å². The van der Waals surface area contributed by atoms with Gasteiger partial charge in [-0.15, -0.1) is 0 Å². The van der Waals surface area contributed by atoms with Crippen LogP contribution in [0, 0.1) is 6.92 Å². The summed E-state index contributed by atoms with van der Waals surface area (Å²) in [5.74, 6) is -0.516. The summed E-state index contributed by atoms with van der Waals surface area (Å²) in [6.45, 7) is 6.52. The molecule has 0 aliphatic rings. The predicted molar refractivity (Wildman–Crippen MR) is 110 cm³/mol. The molecule has 1 atom stereocenters. The van der Waals surface area contributed by atoms with Gasteiger partial charge in [-0.25, -0.2) is 8.42 Å². The van der Waals surface area contributed by atoms with Gasteiger partial charge in [-0.05, 0) is 43.7 Å². The van der Waals surface area contributed by atoms with E-state index in [9.17, 15) is 13.2 Å². The van der Waals surface area contributed by atoms with Gasteiger partial charge in [0.25, 0.3) is 0 Å². The van der Waals surface area contributed by atoms with Crippen molar-refractivity contribution in [2.75, 3.05) is 5.75 Å². The van der Waals surface area contributed by atoms with Gasteiger partial charge in [0.1, 0.15) is 0 Å². The molecule has 3 aromatic rings. The van der Waals surface area contributed by atoms with Crippen molar-refractivity contribution in [2.24, 2.45) is 0 Å². The monoisotopic (exact) mass is 399 g/mol. The van der Waals surface area contributed by atoms with Crippen molar-refractivity contribution in [3.63, 3.8) is 0 Å². The predicted octanol–water partition coefficient (Wildman–Crippen LogP) is 3.41. The van der Waals surface area contributed by atoms with Gasteiger partial charge in [0.2, 0.25) is 5.91 Å². The molecule has 0 radical (unpaired) electrons. The molecule has 1 amide bonds. The molecule has 0 spiro atoms. The number of aryl methyl sites for hydroxylation is 2. The molecule has 3 rings (SSSR count). The molecule has 2 aromatic carbocycles. The highest BCUT2D eigenvalue weighted by molar-refractivity contribution is 7.91. The van der Waals surface area contributed by atoms with Crippen LogP contribution in [0.5, 0.6) is 0 Å². The Morgan fingerprint density at radius 1 is 1.18 bits per heavy atom. The quantitative estimate of drug-likeness (QED) is 0.660. The molecule has 7 heteroatoms. The van der Waals surface area contributed by atoms with Gasteiger partial charge in [-0.2, -0.15) is 5.10 Å². The van der Waals surface area contributed by atoms with E-state index in [1.165, 1.54) is 0 Å². The molecular weight excluding hydrogens is 374 g/mol. The van der Waals surface area contributed by atoms with Crippen LogP contribution in [0.4, 0.5) is 0 Å². The minimum atomic E-state index is -3.53. The van der Waals surface area contributed by atoms with Crippen molar-refractivity contribution in [1.82, 2.24) is 15.1 Å². The van der Waals surface area contributed by atoms with Crippen LogP contribution in [0.25, 0.3) is 10.8 Å². The molecule has 1 heterocycles. The highest BCUT2D eigenvalue weighted by Gasteiger charge is 2.19. The first-order valence-electron chi connectivity index (χ1n) is 9.35. The molecule has 0 saturated carbocycles. The first-order valence-corrected chi connectivity index (χ1v) is 11.0. The fourth-order valence-electron chi connectivity index (χ4n) is 3.22. The van der Waals surface area contributed by atoms with Crippen LogP contribution in [0.1, 0.15) is 37.6 Å². The average Bonchev–Trinajstić information content (AvgIpc) is 3.07. The van der Waals surface area contributed by atoms with Crippen molar-refractivity contribution < 1.29 is 13.2 Å². The standard InChI is InChI=1S/C21H25N3O3S/c1-4-24-14-20(16(3)23-24)15(2)22-21(25)11-12-28(26,27)19-10-9-17-7-5-6-8-18(17)13-19/h5-10,13-15H,4,11-12H2,1-3H3,(H,22,25). The number of fused-ring (bicyclic) bond motifs is 1. The van der Waals surface area contributed by atoms with E-state index >= 15 is 0 Å². The lowest BCUT2D eigenvalue weighted by Crippen LogP contribution is -2.28. The highest BCUT2D eigenvalue weighted by Crippen LogP contribution is 2.21. The minimum absolute atomic E-state index is 0.0829. The lowest BCUT2D eigenvalue weighted by molar-refractivity contribution is -0.121. The summed E-state index contributed by atoms with van der Waals surface area (Å²) in [6.07, 6.45) is 1.83. The van der Waals surface area contributed by atoms with Gasteiger partial charge >= 0.3 is 0 Å². The summed E-state index contributed by atoms with van der Waals surface area (Å²) in [6, 6.07) is 12.4. The number of nitrogens with one attached hydrogen (secondary N) is 1. The Bertz CT molecular complexity index is 1100. The van der Waals surface area contributed by atoms with E-state index in [4.69, 9.17) is 0 Å². The van der Waals surface area contributed by atoms with Crippen molar-refractivity contribution in [2.45, 2.75) is 44.7 Å². The molecule has 0 fully saturated rings. The Labute approximate surface area is 165 Å². The molecule has 6 nitrogen and oxygen atoms in total. The van der Waals surface area contributed by atoms with Gasteiger partial charge in [0.05, 0.1) is 22.4 Å². The minimum Gasteiger partial charge on any atom is -0.349 e. The second kappa shape index (κ2) is 8.14. The summed E-state index contributed by atoms with van der Waals surface area (Å²) in [4.78, 5) is 12.5. The Hall–Kier alpha value is -2.67. The molecule has 1 unspecified atom stereocenters. The van der Waals surface area contributed by atoms with Gasteiger partial charge in [0.15, 0.2) is 9.84 Å². The first-order chi connectivity index (χ1) is 13.3. The van der Waals surface area contributed by atoms with Crippen molar-refractivity contribution in [3.05, 3.63) is 59.9 Å². The third-order valence-corrected chi connectivity index (χ3v) is 6.54. The molecule has 1 aromatic heterocycles. The van der Waals surface area contributed by atoms with Crippen molar-refractivity contribution in [3.8, 4) is 0 Å². The molecule has 148 valence electrons. The van der Waals surface area contributed by atoms with Crippen LogP contribution >= 0.6 is 0 Å². The second-order valence-corrected chi connectivity index (χ2v) is 9.00. The third kappa shape index (κ3) is 4.42. The van der Waals surface area contributed by atoms with E-state index in [1.807, 2.05) is 55.9 Å². The van der Waals surface area contributed by atoms with Crippen LogP contribution in [0.15, 0.2) is 53.6 Å². The third-order valence-electron chi connectivity index (χ3n) is 4.83. The van der Waals surface area contributed by atoms with Crippen LogP contribution < -0.4 is 5.32 Å². The lowest BCUT2D eigenvalue weighted by atomic mass is 10.1. The molecule has 28 heavy (non-hydrogen) atoms. The van der Waals surface area contributed by atoms with Gasteiger partial charge < -0.3 is 5.32 Å². The van der Waals surface area contributed by atoms with Gasteiger partial charge in [-0.3, -0.25) is 9.48 Å². The zero-order valence-electron chi connectivity index (χ0n) is 16.3. The van der Waals surface area contributed by atoms with E-state index in [1.54, 1.807) is 18.2 Å². The molecule has 1 N–H and O–H groups in total. The molecule has 0 aliphatic carbocycles. The van der Waals surface area contributed by atoms with Gasteiger partial charge in [-0.1, -0.05) is 30.3 Å². The van der Waals surface area contributed by atoms with Crippen LogP contribution in [-0.2, 0) is 21.2 Å². The Morgan fingerprint density at radius 3 is 2.57 bits per heavy atom. The summed E-state index contributed by atoms with van der Waals surface area (Å²) < 4.78 is 27.1. The molecule has 0 aliphatic heterocycles. The maximum atomic E-state index is 12.6. The molecular formula is C21H25N3O3S. The largest absolute Gasteiger partial charge is 0.349 e. The van der Waals surface area contributed by atoms with Crippen LogP contribution in [0.3, 0.4) is 0 Å². The first kappa shape index (κ1) is 20.1. The smallest absolute Gasteiger partial charge is 0.221 e. The van der Waals surface area contributed by atoms with Crippen LogP contribution in [-0.4, -0.2) is 29.9 Å². The Balaban J connectivity index is 1.64. The number of sulfone groups is 1. The SMILES string of the molecule is CCn1cc(C(C)NC(=O)CCS(=O)(=O)c2ccc3ccccc3c2)c(C)n1. The summed E-state index contributed by atoms with van der Waals surface area (Å²) in [7, 11) is -3.53. The second-order valence-electron chi connectivity index (χ2n) is 6.89. The number of amides is 1. The zero-order valence-corrected chi connectivity index (χ0v) is 17.2. The van der Waals surface area contributed by atoms with Crippen molar-refractivity contribution in [1.29, 1.82) is 0 Å². The van der Waals surface area contributed by atoms with E-state index in [0.717, 1.165) is 28.6 Å². The van der Waals surface area contributed by atoms with Gasteiger partial charge in [0, 0.05) is 24.7 Å². The van der Waals surface area contributed by atoms with Crippen molar-refractivity contribution >= 4 is 26.5 Å². The number of carbonyl (C=O) groups is 1. The number of hydrogen-bond donors (Lipinski definition) is 1. The number of nitrogens with zero attached hydrogens (tertiary/aromatic N) is 2. The number of benzene rings is 2. The normalized spacial score (nSPS) is 12.8. The average molecular weight is 400 g/mol. The van der Waals surface area contributed by atoms with E-state index in [0.29, 0.717) is 0 Å².